The summed E-state index contributed by atoms with van der Waals surface area (Å²) in [5, 5.41) is 12.9. The van der Waals surface area contributed by atoms with Crippen LogP contribution in [0, 0.1) is 0 Å². The van der Waals surface area contributed by atoms with E-state index in [-0.39, 0.29) is 25.0 Å². The molecule has 1 unspecified atom stereocenters. The molecule has 0 spiro atoms. The van der Waals surface area contributed by atoms with Crippen LogP contribution in [0.2, 0.25) is 0 Å². The van der Waals surface area contributed by atoms with Crippen molar-refractivity contribution in [1.29, 1.82) is 0 Å². The number of hydrogen-bond acceptors (Lipinski definition) is 6. The number of hydrogen-bond donors (Lipinski definition) is 1. The molecule has 1 N–H and O–H groups in total. The summed E-state index contributed by atoms with van der Waals surface area (Å²) in [6.45, 7) is 1.72. The number of amides is 1. The normalized spacial score (nSPS) is 12.1. The van der Waals surface area contributed by atoms with Gasteiger partial charge in [0, 0.05) is 37.8 Å². The predicted octanol–water partition coefficient (Wildman–Crippen LogP) is 0.903. The monoisotopic (exact) mass is 290 g/mol. The van der Waals surface area contributed by atoms with Crippen molar-refractivity contribution in [2.75, 3.05) is 13.7 Å². The number of nitrogens with zero attached hydrogens (tertiary/aromatic N) is 4. The first-order valence-electron chi connectivity index (χ1n) is 6.71. The molecular formula is C14H18N4O3. The van der Waals surface area contributed by atoms with E-state index in [2.05, 4.69) is 15.1 Å². The first kappa shape index (κ1) is 15.1. The third-order valence-electron chi connectivity index (χ3n) is 3.26. The van der Waals surface area contributed by atoms with E-state index >= 15 is 0 Å². The van der Waals surface area contributed by atoms with Crippen molar-refractivity contribution in [3.63, 3.8) is 0 Å². The number of aromatic nitrogens is 3. The van der Waals surface area contributed by atoms with Crippen LogP contribution >= 0.6 is 0 Å². The molecule has 1 atom stereocenters. The highest BCUT2D eigenvalue weighted by Gasteiger charge is 2.16. The number of rotatable bonds is 6. The van der Waals surface area contributed by atoms with Crippen LogP contribution < -0.4 is 0 Å². The number of aliphatic hydroxyl groups is 1. The maximum absolute atomic E-state index is 11.9. The average Bonchev–Trinajstić information content (AvgIpc) is 3.01. The Labute approximate surface area is 122 Å². The lowest BCUT2D eigenvalue weighted by Gasteiger charge is -2.22. The molecule has 2 heterocycles. The number of carbonyl (C=O) groups is 1. The zero-order valence-corrected chi connectivity index (χ0v) is 12.1. The largest absolute Gasteiger partial charge is 0.394 e. The van der Waals surface area contributed by atoms with Gasteiger partial charge in [-0.05, 0) is 19.1 Å². The molecule has 0 saturated heterocycles. The number of aryl methyl sites for hydroxylation is 1. The van der Waals surface area contributed by atoms with Gasteiger partial charge in [-0.1, -0.05) is 5.16 Å². The van der Waals surface area contributed by atoms with Crippen LogP contribution in [0.15, 0.2) is 29.0 Å². The Morgan fingerprint density at radius 1 is 1.52 bits per heavy atom. The third kappa shape index (κ3) is 3.85. The highest BCUT2D eigenvalue weighted by Crippen LogP contribution is 2.14. The minimum absolute atomic E-state index is 0.0616. The first-order chi connectivity index (χ1) is 10.1. The maximum atomic E-state index is 11.9. The summed E-state index contributed by atoms with van der Waals surface area (Å²) in [4.78, 5) is 21.7. The highest BCUT2D eigenvalue weighted by atomic mass is 16.5. The van der Waals surface area contributed by atoms with Crippen LogP contribution in [0.1, 0.15) is 19.2 Å². The lowest BCUT2D eigenvalue weighted by Crippen LogP contribution is -2.37. The lowest BCUT2D eigenvalue weighted by atomic mass is 10.2. The Bertz CT molecular complexity index is 585. The summed E-state index contributed by atoms with van der Waals surface area (Å²) < 4.78 is 5.13. The summed E-state index contributed by atoms with van der Waals surface area (Å²) >= 11 is 0. The molecule has 112 valence electrons. The van der Waals surface area contributed by atoms with Gasteiger partial charge in [0.05, 0.1) is 12.6 Å². The number of likely N-dealkylation sites (N-methyl/N-ethyl adjacent to an activating group) is 1. The smallest absolute Gasteiger partial charge is 0.227 e. The zero-order valence-electron chi connectivity index (χ0n) is 12.1. The second-order valence-corrected chi connectivity index (χ2v) is 4.79. The Kier molecular flexibility index (Phi) is 4.99. The van der Waals surface area contributed by atoms with Gasteiger partial charge in [-0.3, -0.25) is 9.78 Å². The number of aliphatic hydroxyl groups excluding tert-OH is 1. The van der Waals surface area contributed by atoms with Crippen molar-refractivity contribution in [2.45, 2.75) is 25.8 Å². The molecule has 0 aromatic carbocycles. The molecule has 2 aromatic rings. The van der Waals surface area contributed by atoms with Crippen molar-refractivity contribution in [2.24, 2.45) is 0 Å². The fourth-order valence-electron chi connectivity index (χ4n) is 1.73. The van der Waals surface area contributed by atoms with Crippen LogP contribution in [0.3, 0.4) is 0 Å². The molecule has 1 amide bonds. The summed E-state index contributed by atoms with van der Waals surface area (Å²) in [5.74, 6) is 0.799. The molecule has 0 aliphatic carbocycles. The van der Waals surface area contributed by atoms with Crippen LogP contribution in [0.25, 0.3) is 11.4 Å². The van der Waals surface area contributed by atoms with E-state index < -0.39 is 0 Å². The molecule has 0 saturated carbocycles. The topological polar surface area (TPSA) is 92.3 Å². The molecule has 2 rings (SSSR count). The molecule has 7 heteroatoms. The predicted molar refractivity (Wildman–Crippen MR) is 75.2 cm³/mol. The summed E-state index contributed by atoms with van der Waals surface area (Å²) in [6.07, 6.45) is 3.95. The Morgan fingerprint density at radius 2 is 2.33 bits per heavy atom. The van der Waals surface area contributed by atoms with Crippen molar-refractivity contribution in [3.8, 4) is 11.4 Å². The van der Waals surface area contributed by atoms with Crippen molar-refractivity contribution >= 4 is 5.91 Å². The fraction of sp³-hybridized carbons (Fsp3) is 0.429. The van der Waals surface area contributed by atoms with Gasteiger partial charge in [0.1, 0.15) is 0 Å². The van der Waals surface area contributed by atoms with Crippen molar-refractivity contribution in [1.82, 2.24) is 20.0 Å². The van der Waals surface area contributed by atoms with Crippen molar-refractivity contribution in [3.05, 3.63) is 30.4 Å². The first-order valence-corrected chi connectivity index (χ1v) is 6.71. The van der Waals surface area contributed by atoms with Crippen LogP contribution in [-0.2, 0) is 11.2 Å². The van der Waals surface area contributed by atoms with Crippen LogP contribution in [0.5, 0.6) is 0 Å². The van der Waals surface area contributed by atoms with E-state index in [0.29, 0.717) is 18.1 Å². The van der Waals surface area contributed by atoms with E-state index in [1.807, 2.05) is 6.07 Å². The molecule has 2 aromatic heterocycles. The van der Waals surface area contributed by atoms with Gasteiger partial charge in [0.2, 0.25) is 17.6 Å². The number of carbonyl (C=O) groups excluding carboxylic acids is 1. The molecule has 21 heavy (non-hydrogen) atoms. The zero-order chi connectivity index (χ0) is 15.2. The summed E-state index contributed by atoms with van der Waals surface area (Å²) in [5.41, 5.74) is 0.768. The summed E-state index contributed by atoms with van der Waals surface area (Å²) in [6, 6.07) is 3.43. The van der Waals surface area contributed by atoms with Gasteiger partial charge in [-0.25, -0.2) is 0 Å². The van der Waals surface area contributed by atoms with Gasteiger partial charge in [0.15, 0.2) is 0 Å². The molecule has 0 fully saturated rings. The van der Waals surface area contributed by atoms with E-state index in [4.69, 9.17) is 9.63 Å². The Morgan fingerprint density at radius 3 is 3.00 bits per heavy atom. The molecule has 0 bridgehead atoms. The van der Waals surface area contributed by atoms with Gasteiger partial charge >= 0.3 is 0 Å². The SMILES string of the molecule is CC(CO)N(C)C(=O)CCc1nc(-c2cccnc2)no1. The minimum atomic E-state index is -0.203. The van der Waals surface area contributed by atoms with E-state index in [1.54, 1.807) is 32.4 Å². The molecule has 7 nitrogen and oxygen atoms in total. The third-order valence-corrected chi connectivity index (χ3v) is 3.26. The highest BCUT2D eigenvalue weighted by molar-refractivity contribution is 5.76. The van der Waals surface area contributed by atoms with Gasteiger partial charge < -0.3 is 14.5 Å². The van der Waals surface area contributed by atoms with Gasteiger partial charge in [0.25, 0.3) is 0 Å². The molecule has 0 aliphatic heterocycles. The van der Waals surface area contributed by atoms with Crippen LogP contribution in [-0.4, -0.2) is 50.7 Å². The van der Waals surface area contributed by atoms with Crippen molar-refractivity contribution < 1.29 is 14.4 Å². The lowest BCUT2D eigenvalue weighted by molar-refractivity contribution is -0.132. The Balaban J connectivity index is 1.93. The fourth-order valence-corrected chi connectivity index (χ4v) is 1.73. The number of pyridine rings is 1. The van der Waals surface area contributed by atoms with Gasteiger partial charge in [-0.15, -0.1) is 0 Å². The van der Waals surface area contributed by atoms with E-state index in [0.717, 1.165) is 5.56 Å². The van der Waals surface area contributed by atoms with E-state index in [1.165, 1.54) is 4.90 Å². The maximum Gasteiger partial charge on any atom is 0.227 e. The summed E-state index contributed by atoms with van der Waals surface area (Å²) in [7, 11) is 1.66. The standard InChI is InChI=1S/C14H18N4O3/c1-10(9-19)18(2)13(20)6-5-12-16-14(17-21-12)11-4-3-7-15-8-11/h3-4,7-8,10,19H,5-6,9H2,1-2H3. The molecule has 0 aliphatic rings. The average molecular weight is 290 g/mol. The van der Waals surface area contributed by atoms with E-state index in [9.17, 15) is 4.79 Å². The molecule has 0 radical (unpaired) electrons. The second kappa shape index (κ2) is 6.94. The quantitative estimate of drug-likeness (QED) is 0.850. The van der Waals surface area contributed by atoms with Gasteiger partial charge in [-0.2, -0.15) is 4.98 Å². The second-order valence-electron chi connectivity index (χ2n) is 4.79. The minimum Gasteiger partial charge on any atom is -0.394 e. The van der Waals surface area contributed by atoms with Crippen LogP contribution in [0.4, 0.5) is 0 Å². The Hall–Kier alpha value is -2.28. The molecular weight excluding hydrogens is 272 g/mol.